The maximum absolute atomic E-state index is 11.0. The van der Waals surface area contributed by atoms with Crippen molar-refractivity contribution < 1.29 is 9.90 Å². The lowest BCUT2D eigenvalue weighted by Crippen LogP contribution is -2.31. The van der Waals surface area contributed by atoms with E-state index in [0.29, 0.717) is 30.8 Å². The lowest BCUT2D eigenvalue weighted by molar-refractivity contribution is 0.145. The minimum absolute atomic E-state index is 0.129. The molecule has 1 amide bonds. The molecule has 4 nitrogen and oxygen atoms in total. The van der Waals surface area contributed by atoms with Crippen LogP contribution in [0.5, 0.6) is 0 Å². The van der Waals surface area contributed by atoms with Crippen molar-refractivity contribution in [1.82, 2.24) is 4.90 Å². The normalized spacial score (nSPS) is 39.8. The Labute approximate surface area is 108 Å². The van der Waals surface area contributed by atoms with E-state index in [1.807, 2.05) is 0 Å². The first-order chi connectivity index (χ1) is 8.64. The summed E-state index contributed by atoms with van der Waals surface area (Å²) in [5.74, 6) is 1.44. The molecular formula is C14H20N2O2. The van der Waals surface area contributed by atoms with Gasteiger partial charge in [0.25, 0.3) is 0 Å². The number of amides is 1. The van der Waals surface area contributed by atoms with Gasteiger partial charge in [0.2, 0.25) is 0 Å². The predicted molar refractivity (Wildman–Crippen MR) is 65.8 cm³/mol. The molecule has 2 saturated carbocycles. The van der Waals surface area contributed by atoms with Crippen LogP contribution in [0.2, 0.25) is 0 Å². The fraction of sp³-hybridized carbons (Fsp3) is 0.857. The Balaban J connectivity index is 1.73. The summed E-state index contributed by atoms with van der Waals surface area (Å²) >= 11 is 0. The molecule has 0 bridgehead atoms. The summed E-state index contributed by atoms with van der Waals surface area (Å²) in [6.07, 6.45) is 6.01. The molecule has 0 aromatic carbocycles. The average molecular weight is 248 g/mol. The first-order valence-electron chi connectivity index (χ1n) is 7.04. The third-order valence-electron chi connectivity index (χ3n) is 5.46. The minimum atomic E-state index is -0.798. The highest BCUT2D eigenvalue weighted by molar-refractivity contribution is 5.65. The maximum Gasteiger partial charge on any atom is 0.407 e. The summed E-state index contributed by atoms with van der Waals surface area (Å²) in [6.45, 7) is 1.30. The van der Waals surface area contributed by atoms with Crippen LogP contribution in [0.4, 0.5) is 4.79 Å². The summed E-state index contributed by atoms with van der Waals surface area (Å²) < 4.78 is 0. The molecule has 2 atom stereocenters. The van der Waals surface area contributed by atoms with Gasteiger partial charge in [-0.05, 0) is 43.4 Å². The SMILES string of the molecule is N#CC1(C2CCCC2)CC2CN(C(=O)O)CC2C1. The third kappa shape index (κ3) is 1.68. The molecule has 2 aliphatic carbocycles. The van der Waals surface area contributed by atoms with Crippen LogP contribution in [0, 0.1) is 34.5 Å². The smallest absolute Gasteiger partial charge is 0.407 e. The van der Waals surface area contributed by atoms with Gasteiger partial charge in [0.15, 0.2) is 0 Å². The van der Waals surface area contributed by atoms with Crippen LogP contribution in [0.25, 0.3) is 0 Å². The van der Waals surface area contributed by atoms with Gasteiger partial charge in [-0.25, -0.2) is 4.79 Å². The first kappa shape index (κ1) is 11.8. The van der Waals surface area contributed by atoms with Crippen molar-refractivity contribution in [2.24, 2.45) is 23.2 Å². The third-order valence-corrected chi connectivity index (χ3v) is 5.46. The first-order valence-corrected chi connectivity index (χ1v) is 7.04. The van der Waals surface area contributed by atoms with Crippen LogP contribution in [0.1, 0.15) is 38.5 Å². The maximum atomic E-state index is 11.0. The number of hydrogen-bond acceptors (Lipinski definition) is 2. The van der Waals surface area contributed by atoms with E-state index in [4.69, 9.17) is 5.11 Å². The van der Waals surface area contributed by atoms with Crippen LogP contribution in [0.3, 0.4) is 0 Å². The van der Waals surface area contributed by atoms with Crippen LogP contribution in [-0.2, 0) is 0 Å². The molecule has 3 aliphatic rings. The van der Waals surface area contributed by atoms with Crippen molar-refractivity contribution in [3.63, 3.8) is 0 Å². The Morgan fingerprint density at radius 1 is 1.22 bits per heavy atom. The van der Waals surface area contributed by atoms with Crippen LogP contribution >= 0.6 is 0 Å². The van der Waals surface area contributed by atoms with E-state index < -0.39 is 6.09 Å². The molecule has 0 aromatic rings. The molecule has 0 aromatic heterocycles. The van der Waals surface area contributed by atoms with E-state index in [9.17, 15) is 10.1 Å². The van der Waals surface area contributed by atoms with Gasteiger partial charge in [0.05, 0.1) is 11.5 Å². The highest BCUT2D eigenvalue weighted by atomic mass is 16.4. The lowest BCUT2D eigenvalue weighted by Gasteiger charge is -2.29. The second kappa shape index (κ2) is 4.15. The van der Waals surface area contributed by atoms with E-state index in [-0.39, 0.29) is 5.41 Å². The lowest BCUT2D eigenvalue weighted by atomic mass is 9.73. The highest BCUT2D eigenvalue weighted by Crippen LogP contribution is 2.56. The zero-order chi connectivity index (χ0) is 12.8. The molecule has 1 N–H and O–H groups in total. The second-order valence-corrected chi connectivity index (χ2v) is 6.37. The molecule has 0 radical (unpaired) electrons. The number of nitrogens with zero attached hydrogens (tertiary/aromatic N) is 2. The number of rotatable bonds is 1. The minimum Gasteiger partial charge on any atom is -0.465 e. The average Bonchev–Trinajstić information content (AvgIpc) is 3.02. The summed E-state index contributed by atoms with van der Waals surface area (Å²) in [5.41, 5.74) is -0.129. The van der Waals surface area contributed by atoms with Gasteiger partial charge in [-0.2, -0.15) is 5.26 Å². The molecule has 1 heterocycles. The fourth-order valence-electron chi connectivity index (χ4n) is 4.57. The van der Waals surface area contributed by atoms with E-state index >= 15 is 0 Å². The van der Waals surface area contributed by atoms with Gasteiger partial charge in [-0.15, -0.1) is 0 Å². The number of likely N-dealkylation sites (tertiary alicyclic amines) is 1. The van der Waals surface area contributed by atoms with Crippen molar-refractivity contribution in [2.45, 2.75) is 38.5 Å². The summed E-state index contributed by atoms with van der Waals surface area (Å²) in [5, 5.41) is 18.7. The molecule has 2 unspecified atom stereocenters. The summed E-state index contributed by atoms with van der Waals surface area (Å²) in [7, 11) is 0. The van der Waals surface area contributed by atoms with E-state index in [1.54, 1.807) is 0 Å². The Hall–Kier alpha value is -1.24. The zero-order valence-electron chi connectivity index (χ0n) is 10.6. The number of nitriles is 1. The Bertz CT molecular complexity index is 381. The summed E-state index contributed by atoms with van der Waals surface area (Å²) in [4.78, 5) is 12.5. The largest absolute Gasteiger partial charge is 0.465 e. The Morgan fingerprint density at radius 3 is 2.22 bits per heavy atom. The van der Waals surface area contributed by atoms with Gasteiger partial charge in [-0.3, -0.25) is 0 Å². The molecule has 0 spiro atoms. The van der Waals surface area contributed by atoms with Gasteiger partial charge in [0, 0.05) is 13.1 Å². The molecule has 3 fully saturated rings. The fourth-order valence-corrected chi connectivity index (χ4v) is 4.57. The van der Waals surface area contributed by atoms with Gasteiger partial charge in [0.1, 0.15) is 0 Å². The molecule has 1 aliphatic heterocycles. The molecule has 18 heavy (non-hydrogen) atoms. The molecule has 3 rings (SSSR count). The Kier molecular flexibility index (Phi) is 2.73. The standard InChI is InChI=1S/C14H20N2O2/c15-9-14(12-3-1-2-4-12)5-10-7-16(13(17)18)8-11(10)6-14/h10-12H,1-8H2,(H,17,18). The highest BCUT2D eigenvalue weighted by Gasteiger charge is 2.53. The molecule has 98 valence electrons. The topological polar surface area (TPSA) is 64.3 Å². The second-order valence-electron chi connectivity index (χ2n) is 6.37. The molecule has 1 saturated heterocycles. The van der Waals surface area contributed by atoms with Crippen molar-refractivity contribution in [3.8, 4) is 6.07 Å². The van der Waals surface area contributed by atoms with E-state index in [1.165, 1.54) is 30.6 Å². The number of hydrogen-bond donors (Lipinski definition) is 1. The number of fused-ring (bicyclic) bond motifs is 1. The molecule has 4 heteroatoms. The van der Waals surface area contributed by atoms with Crippen LogP contribution < -0.4 is 0 Å². The van der Waals surface area contributed by atoms with Crippen molar-refractivity contribution in [2.75, 3.05) is 13.1 Å². The Morgan fingerprint density at radius 2 is 1.78 bits per heavy atom. The van der Waals surface area contributed by atoms with Gasteiger partial charge in [-0.1, -0.05) is 12.8 Å². The van der Waals surface area contributed by atoms with Crippen molar-refractivity contribution in [1.29, 1.82) is 5.26 Å². The van der Waals surface area contributed by atoms with Crippen LogP contribution in [-0.4, -0.2) is 29.2 Å². The molecular weight excluding hydrogens is 228 g/mol. The number of carbonyl (C=O) groups is 1. The number of carboxylic acid groups (broad SMARTS) is 1. The quantitative estimate of drug-likeness (QED) is 0.776. The van der Waals surface area contributed by atoms with E-state index in [2.05, 4.69) is 6.07 Å². The van der Waals surface area contributed by atoms with Crippen LogP contribution in [0.15, 0.2) is 0 Å². The zero-order valence-corrected chi connectivity index (χ0v) is 10.6. The summed E-state index contributed by atoms with van der Waals surface area (Å²) in [6, 6.07) is 2.63. The monoisotopic (exact) mass is 248 g/mol. The van der Waals surface area contributed by atoms with E-state index in [0.717, 1.165) is 12.8 Å². The predicted octanol–water partition coefficient (Wildman–Crippen LogP) is 2.71. The van der Waals surface area contributed by atoms with Gasteiger partial charge < -0.3 is 10.0 Å². The van der Waals surface area contributed by atoms with Gasteiger partial charge >= 0.3 is 6.09 Å². The van der Waals surface area contributed by atoms with Crippen molar-refractivity contribution >= 4 is 6.09 Å². The van der Waals surface area contributed by atoms with Crippen molar-refractivity contribution in [3.05, 3.63) is 0 Å².